The Hall–Kier alpha value is -4.86. The fourth-order valence-corrected chi connectivity index (χ4v) is 7.53. The standard InChI is InChI=1S/C46H43BN4.CH3.Pt/c1-31-26-43(34(4)33(3)32(31)2)50-25-24-49(30-50)39-17-13-16-37(28-39)47(36-14-9-8-10-15-36)38-20-21-41-40-18-11-12-19-42(40)51(44(41)29-38)45-27-35(22-23-48-45)46(5,6)7;;/h8-27H,30H2,1-7H3;1H3;/q-2;-1;. The van der Waals surface area contributed by atoms with Crippen molar-refractivity contribution in [2.24, 2.45) is 0 Å². The Morgan fingerprint density at radius 1 is 0.679 bits per heavy atom. The first kappa shape index (κ1) is 37.9. The molecule has 53 heavy (non-hydrogen) atoms. The fraction of sp³-hybridized carbons (Fsp3) is 0.191. The zero-order valence-electron chi connectivity index (χ0n) is 31.9. The molecule has 0 saturated heterocycles. The van der Waals surface area contributed by atoms with Crippen LogP contribution in [0, 0.1) is 47.3 Å². The van der Waals surface area contributed by atoms with Gasteiger partial charge in [0.1, 0.15) is 5.82 Å². The Morgan fingerprint density at radius 2 is 1.40 bits per heavy atom. The Bertz CT molecular complexity index is 2460. The van der Waals surface area contributed by atoms with Crippen LogP contribution >= 0.6 is 0 Å². The number of fused-ring (bicyclic) bond motifs is 3. The zero-order chi connectivity index (χ0) is 35.4. The molecule has 0 bridgehead atoms. The SMILES string of the molecule is Cc1cc(N2C=CN(c3[c-]c(B(c4[c-]c5c(cc4)c4ccccc4n5-c4cc(C(C)(C)C)ccn4)c4ccccc4)ccc3)C2)c(C)c(C)c1C.[CH3-].[Pt]. The Morgan fingerprint density at radius 3 is 2.17 bits per heavy atom. The Kier molecular flexibility index (Phi) is 10.6. The van der Waals surface area contributed by atoms with Gasteiger partial charge in [0.25, 0.3) is 0 Å². The average Bonchev–Trinajstić information content (AvgIpc) is 3.76. The zero-order valence-corrected chi connectivity index (χ0v) is 34.2. The topological polar surface area (TPSA) is 24.3 Å². The number of rotatable bonds is 6. The number of anilines is 2. The van der Waals surface area contributed by atoms with Gasteiger partial charge in [-0.05, 0) is 90.6 Å². The third kappa shape index (κ3) is 6.88. The van der Waals surface area contributed by atoms with E-state index in [-0.39, 0.29) is 40.6 Å². The summed E-state index contributed by atoms with van der Waals surface area (Å²) in [5.41, 5.74) is 14.5. The van der Waals surface area contributed by atoms with Crippen LogP contribution < -0.4 is 26.2 Å². The van der Waals surface area contributed by atoms with Crippen molar-refractivity contribution in [2.45, 2.75) is 53.9 Å². The molecule has 7 aromatic rings. The summed E-state index contributed by atoms with van der Waals surface area (Å²) in [6.07, 6.45) is 6.30. The van der Waals surface area contributed by atoms with Crippen molar-refractivity contribution in [1.82, 2.24) is 9.55 Å². The van der Waals surface area contributed by atoms with E-state index in [1.165, 1.54) is 49.7 Å². The molecule has 0 saturated carbocycles. The van der Waals surface area contributed by atoms with Gasteiger partial charge in [-0.2, -0.15) is 47.3 Å². The molecular weight excluding hydrogens is 826 g/mol. The number of aromatic nitrogens is 2. The second kappa shape index (κ2) is 14.9. The van der Waals surface area contributed by atoms with Gasteiger partial charge in [0.15, 0.2) is 6.71 Å². The van der Waals surface area contributed by atoms with E-state index in [1.807, 2.05) is 6.20 Å². The van der Waals surface area contributed by atoms with Crippen LogP contribution in [-0.2, 0) is 26.5 Å². The first-order valence-corrected chi connectivity index (χ1v) is 17.9. The molecule has 0 radical (unpaired) electrons. The van der Waals surface area contributed by atoms with Crippen molar-refractivity contribution in [3.8, 4) is 5.82 Å². The molecule has 270 valence electrons. The number of hydrogen-bond donors (Lipinski definition) is 0. The van der Waals surface area contributed by atoms with Crippen LogP contribution in [0.3, 0.4) is 0 Å². The summed E-state index contributed by atoms with van der Waals surface area (Å²) in [7, 11) is 0. The number of benzene rings is 5. The van der Waals surface area contributed by atoms with Crippen molar-refractivity contribution in [3.05, 3.63) is 169 Å². The molecule has 1 aliphatic heterocycles. The molecule has 3 heterocycles. The summed E-state index contributed by atoms with van der Waals surface area (Å²) in [4.78, 5) is 9.54. The predicted molar refractivity (Wildman–Crippen MR) is 223 cm³/mol. The molecule has 6 heteroatoms. The minimum absolute atomic E-state index is 0. The van der Waals surface area contributed by atoms with E-state index in [0.717, 1.165) is 40.1 Å². The molecule has 0 unspecified atom stereocenters. The maximum absolute atomic E-state index is 4.91. The Labute approximate surface area is 330 Å². The maximum atomic E-state index is 4.91. The van der Waals surface area contributed by atoms with Crippen molar-refractivity contribution in [3.63, 3.8) is 0 Å². The van der Waals surface area contributed by atoms with Gasteiger partial charge in [-0.1, -0.05) is 86.0 Å². The molecule has 1 aliphatic rings. The van der Waals surface area contributed by atoms with E-state index in [2.05, 4.69) is 190 Å². The maximum Gasteiger partial charge on any atom is 0.191 e. The number of para-hydroxylation sites is 1. The Balaban J connectivity index is 0.00000240. The van der Waals surface area contributed by atoms with Crippen LogP contribution in [0.2, 0.25) is 0 Å². The van der Waals surface area contributed by atoms with E-state index >= 15 is 0 Å². The number of nitrogens with zero attached hydrogens (tertiary/aromatic N) is 4. The van der Waals surface area contributed by atoms with Crippen LogP contribution in [0.5, 0.6) is 0 Å². The second-order valence-electron chi connectivity index (χ2n) is 15.0. The van der Waals surface area contributed by atoms with Gasteiger partial charge < -0.3 is 21.8 Å². The third-order valence-electron chi connectivity index (χ3n) is 10.8. The smallest absolute Gasteiger partial charge is 0.191 e. The van der Waals surface area contributed by atoms with Gasteiger partial charge in [0.2, 0.25) is 0 Å². The number of pyridine rings is 1. The van der Waals surface area contributed by atoms with Crippen molar-refractivity contribution in [1.29, 1.82) is 0 Å². The minimum atomic E-state index is -0.0665. The van der Waals surface area contributed by atoms with E-state index < -0.39 is 0 Å². The van der Waals surface area contributed by atoms with Crippen LogP contribution in [0.4, 0.5) is 11.4 Å². The molecule has 0 fully saturated rings. The molecule has 2 aromatic heterocycles. The van der Waals surface area contributed by atoms with Gasteiger partial charge >= 0.3 is 0 Å². The van der Waals surface area contributed by atoms with Gasteiger partial charge in [-0.25, -0.2) is 4.98 Å². The summed E-state index contributed by atoms with van der Waals surface area (Å²) in [5, 5.41) is 2.36. The van der Waals surface area contributed by atoms with Crippen molar-refractivity contribution >= 4 is 56.3 Å². The van der Waals surface area contributed by atoms with Gasteiger partial charge in [0.05, 0.1) is 6.67 Å². The number of aryl methyl sites for hydroxylation is 1. The molecule has 0 N–H and O–H groups in total. The monoisotopic (exact) mass is 872 g/mol. The molecule has 8 rings (SSSR count). The summed E-state index contributed by atoms with van der Waals surface area (Å²) < 4.78 is 2.28. The largest absolute Gasteiger partial charge is 0.358 e. The minimum Gasteiger partial charge on any atom is -0.358 e. The van der Waals surface area contributed by atoms with Crippen LogP contribution in [0.25, 0.3) is 27.6 Å². The number of hydrogen-bond acceptors (Lipinski definition) is 3. The molecule has 0 spiro atoms. The quantitative estimate of drug-likeness (QED) is 0.123. The van der Waals surface area contributed by atoms with Gasteiger partial charge in [-0.3, -0.25) is 0 Å². The van der Waals surface area contributed by atoms with Gasteiger partial charge in [0, 0.05) is 50.9 Å². The first-order chi connectivity index (χ1) is 24.6. The molecule has 5 aromatic carbocycles. The van der Waals surface area contributed by atoms with Crippen molar-refractivity contribution in [2.75, 3.05) is 16.5 Å². The van der Waals surface area contributed by atoms with Crippen LogP contribution in [-0.4, -0.2) is 22.9 Å². The fourth-order valence-electron chi connectivity index (χ4n) is 7.53. The molecule has 0 amide bonds. The molecule has 0 atom stereocenters. The van der Waals surface area contributed by atoms with E-state index in [1.54, 1.807) is 0 Å². The summed E-state index contributed by atoms with van der Waals surface area (Å²) in [6.45, 7) is 16.3. The first-order valence-electron chi connectivity index (χ1n) is 17.9. The molecular formula is C47H46BN4Pt-3. The summed E-state index contributed by atoms with van der Waals surface area (Å²) in [6, 6.07) is 44.9. The van der Waals surface area contributed by atoms with E-state index in [4.69, 9.17) is 4.98 Å². The van der Waals surface area contributed by atoms with Crippen LogP contribution in [0.15, 0.2) is 122 Å². The third-order valence-corrected chi connectivity index (χ3v) is 10.8. The average molecular weight is 873 g/mol. The van der Waals surface area contributed by atoms with Crippen LogP contribution in [0.1, 0.15) is 48.6 Å². The van der Waals surface area contributed by atoms with Crippen molar-refractivity contribution < 1.29 is 21.1 Å². The predicted octanol–water partition coefficient (Wildman–Crippen LogP) is 9.03. The molecule has 4 nitrogen and oxygen atoms in total. The van der Waals surface area contributed by atoms with Gasteiger partial charge in [-0.15, -0.1) is 11.5 Å². The second-order valence-corrected chi connectivity index (χ2v) is 15.0. The van der Waals surface area contributed by atoms with E-state index in [0.29, 0.717) is 0 Å². The van der Waals surface area contributed by atoms with E-state index in [9.17, 15) is 0 Å². The molecule has 0 aliphatic carbocycles. The summed E-state index contributed by atoms with van der Waals surface area (Å²) >= 11 is 0. The summed E-state index contributed by atoms with van der Waals surface area (Å²) in [5.74, 6) is 0.909. The normalized spacial score (nSPS) is 12.7.